The van der Waals surface area contributed by atoms with Gasteiger partial charge in [0.1, 0.15) is 0 Å². The van der Waals surface area contributed by atoms with E-state index in [2.05, 4.69) is 29.8 Å². The number of halogens is 1. The van der Waals surface area contributed by atoms with Gasteiger partial charge in [-0.05, 0) is 30.6 Å². The normalized spacial score (nSPS) is 47.5. The summed E-state index contributed by atoms with van der Waals surface area (Å²) in [4.78, 5) is 0. The summed E-state index contributed by atoms with van der Waals surface area (Å²) in [5, 5.41) is 0.921. The minimum atomic E-state index is -3.34. The molecule has 2 fully saturated rings. The highest BCUT2D eigenvalue weighted by Crippen LogP contribution is 2.67. The molecule has 3 nitrogen and oxygen atoms in total. The number of hydrogen-bond donors (Lipinski definition) is 0. The molecule has 0 aromatic carbocycles. The summed E-state index contributed by atoms with van der Waals surface area (Å²) in [6.07, 6.45) is 4.16. The van der Waals surface area contributed by atoms with Crippen LogP contribution in [0.4, 0.5) is 0 Å². The third kappa shape index (κ3) is 1.66. The SMILES string of the molecule is CC1(CBr)C2CCC1(C)C(OS(C)(=O)=O)C2. The van der Waals surface area contributed by atoms with Gasteiger partial charge >= 0.3 is 0 Å². The van der Waals surface area contributed by atoms with E-state index in [0.29, 0.717) is 5.92 Å². The van der Waals surface area contributed by atoms with Gasteiger partial charge in [-0.25, -0.2) is 0 Å². The standard InChI is InChI=1S/C11H19BrO3S/c1-10-5-4-8(11(10,2)7-12)6-9(10)15-16(3,13)14/h8-9H,4-7H2,1-3H3. The van der Waals surface area contributed by atoms with Crippen molar-refractivity contribution >= 4 is 26.0 Å². The predicted molar refractivity (Wildman–Crippen MR) is 67.1 cm³/mol. The summed E-state index contributed by atoms with van der Waals surface area (Å²) in [5.41, 5.74) is 0.159. The lowest BCUT2D eigenvalue weighted by Crippen LogP contribution is -2.40. The molecule has 4 atom stereocenters. The zero-order valence-corrected chi connectivity index (χ0v) is 12.4. The fourth-order valence-electron chi connectivity index (χ4n) is 3.59. The van der Waals surface area contributed by atoms with Crippen LogP contribution in [0.5, 0.6) is 0 Å². The second-order valence-corrected chi connectivity index (χ2v) is 7.89. The third-order valence-corrected chi connectivity index (χ3v) is 6.74. The summed E-state index contributed by atoms with van der Waals surface area (Å²) < 4.78 is 27.8. The molecule has 2 saturated carbocycles. The Bertz CT molecular complexity index is 394. The van der Waals surface area contributed by atoms with E-state index < -0.39 is 10.1 Å². The molecule has 16 heavy (non-hydrogen) atoms. The molecule has 2 bridgehead atoms. The molecule has 0 amide bonds. The molecule has 0 aliphatic heterocycles. The Balaban J connectivity index is 2.29. The number of hydrogen-bond acceptors (Lipinski definition) is 3. The second kappa shape index (κ2) is 3.69. The third-order valence-electron chi connectivity index (χ3n) is 5.00. The van der Waals surface area contributed by atoms with Crippen molar-refractivity contribution in [2.45, 2.75) is 39.2 Å². The van der Waals surface area contributed by atoms with Crippen LogP contribution >= 0.6 is 15.9 Å². The highest BCUT2D eigenvalue weighted by molar-refractivity contribution is 9.09. The molecule has 0 spiro atoms. The maximum atomic E-state index is 11.3. The number of fused-ring (bicyclic) bond motifs is 2. The van der Waals surface area contributed by atoms with Gasteiger partial charge in [0.15, 0.2) is 0 Å². The molecule has 0 saturated heterocycles. The van der Waals surface area contributed by atoms with E-state index in [1.54, 1.807) is 0 Å². The van der Waals surface area contributed by atoms with Gasteiger partial charge in [-0.2, -0.15) is 8.42 Å². The fourth-order valence-corrected chi connectivity index (χ4v) is 5.40. The topological polar surface area (TPSA) is 43.4 Å². The van der Waals surface area contributed by atoms with Crippen LogP contribution in [0.3, 0.4) is 0 Å². The average molecular weight is 311 g/mol. The zero-order chi connectivity index (χ0) is 12.2. The minimum Gasteiger partial charge on any atom is -0.266 e. The van der Waals surface area contributed by atoms with E-state index in [0.717, 1.165) is 24.4 Å². The van der Waals surface area contributed by atoms with Gasteiger partial charge in [0, 0.05) is 10.7 Å². The highest BCUT2D eigenvalue weighted by atomic mass is 79.9. The molecule has 94 valence electrons. The van der Waals surface area contributed by atoms with E-state index in [9.17, 15) is 8.42 Å². The smallest absolute Gasteiger partial charge is 0.264 e. The van der Waals surface area contributed by atoms with Crippen molar-refractivity contribution in [1.29, 1.82) is 0 Å². The average Bonchev–Trinajstić information content (AvgIpc) is 2.51. The van der Waals surface area contributed by atoms with Crippen molar-refractivity contribution in [2.24, 2.45) is 16.7 Å². The first-order valence-electron chi connectivity index (χ1n) is 5.67. The molecular formula is C11H19BrO3S. The van der Waals surface area contributed by atoms with Crippen LogP contribution in [0.15, 0.2) is 0 Å². The second-order valence-electron chi connectivity index (χ2n) is 5.73. The predicted octanol–water partition coefficient (Wildman–Crippen LogP) is 2.55. The molecule has 0 heterocycles. The Morgan fingerprint density at radius 2 is 2.06 bits per heavy atom. The maximum Gasteiger partial charge on any atom is 0.264 e. The first-order valence-corrected chi connectivity index (χ1v) is 8.61. The van der Waals surface area contributed by atoms with Crippen molar-refractivity contribution in [1.82, 2.24) is 0 Å². The van der Waals surface area contributed by atoms with Crippen LogP contribution in [0, 0.1) is 16.7 Å². The maximum absolute atomic E-state index is 11.3. The lowest BCUT2D eigenvalue weighted by Gasteiger charge is -2.39. The number of alkyl halides is 1. The molecule has 2 aliphatic rings. The van der Waals surface area contributed by atoms with Crippen molar-refractivity contribution in [3.05, 3.63) is 0 Å². The highest BCUT2D eigenvalue weighted by Gasteiger charge is 2.64. The lowest BCUT2D eigenvalue weighted by atomic mass is 9.70. The number of rotatable bonds is 3. The van der Waals surface area contributed by atoms with Gasteiger partial charge in [-0.15, -0.1) is 0 Å². The molecule has 0 aromatic heterocycles. The minimum absolute atomic E-state index is 0.00968. The van der Waals surface area contributed by atoms with Crippen LogP contribution in [0.25, 0.3) is 0 Å². The van der Waals surface area contributed by atoms with Crippen LogP contribution in [-0.4, -0.2) is 26.1 Å². The quantitative estimate of drug-likeness (QED) is 0.594. The van der Waals surface area contributed by atoms with Crippen LogP contribution in [0.2, 0.25) is 0 Å². The van der Waals surface area contributed by atoms with Crippen LogP contribution < -0.4 is 0 Å². The summed E-state index contributed by atoms with van der Waals surface area (Å²) >= 11 is 3.59. The van der Waals surface area contributed by atoms with Gasteiger partial charge in [-0.1, -0.05) is 29.8 Å². The van der Waals surface area contributed by atoms with Gasteiger partial charge in [0.25, 0.3) is 10.1 Å². The van der Waals surface area contributed by atoms with Crippen LogP contribution in [0.1, 0.15) is 33.1 Å². The van der Waals surface area contributed by atoms with E-state index in [4.69, 9.17) is 4.18 Å². The molecule has 4 unspecified atom stereocenters. The van der Waals surface area contributed by atoms with E-state index >= 15 is 0 Å². The van der Waals surface area contributed by atoms with Gasteiger partial charge in [-0.3, -0.25) is 4.18 Å². The monoisotopic (exact) mass is 310 g/mol. The summed E-state index contributed by atoms with van der Waals surface area (Å²) in [6, 6.07) is 0. The van der Waals surface area contributed by atoms with Gasteiger partial charge in [0.2, 0.25) is 0 Å². The summed E-state index contributed by atoms with van der Waals surface area (Å²) in [7, 11) is -3.34. The molecule has 0 aromatic rings. The fraction of sp³-hybridized carbons (Fsp3) is 1.00. The molecule has 2 aliphatic carbocycles. The van der Waals surface area contributed by atoms with Gasteiger partial charge < -0.3 is 0 Å². The van der Waals surface area contributed by atoms with Crippen molar-refractivity contribution in [2.75, 3.05) is 11.6 Å². The van der Waals surface area contributed by atoms with Crippen LogP contribution in [-0.2, 0) is 14.3 Å². The Morgan fingerprint density at radius 3 is 2.50 bits per heavy atom. The van der Waals surface area contributed by atoms with Crippen molar-refractivity contribution in [3.63, 3.8) is 0 Å². The van der Waals surface area contributed by atoms with E-state index in [1.165, 1.54) is 6.42 Å². The Morgan fingerprint density at radius 1 is 1.44 bits per heavy atom. The van der Waals surface area contributed by atoms with Crippen molar-refractivity contribution in [3.8, 4) is 0 Å². The van der Waals surface area contributed by atoms with Gasteiger partial charge in [0.05, 0.1) is 12.4 Å². The molecule has 0 radical (unpaired) electrons. The Hall–Kier alpha value is 0.390. The van der Waals surface area contributed by atoms with E-state index in [-0.39, 0.29) is 16.9 Å². The summed E-state index contributed by atoms with van der Waals surface area (Å²) in [6.45, 7) is 4.43. The molecule has 2 rings (SSSR count). The Labute approximate surface area is 106 Å². The Kier molecular flexibility index (Phi) is 2.96. The lowest BCUT2D eigenvalue weighted by molar-refractivity contribution is 0.0378. The van der Waals surface area contributed by atoms with E-state index in [1.807, 2.05) is 0 Å². The molecular weight excluding hydrogens is 292 g/mol. The zero-order valence-electron chi connectivity index (χ0n) is 9.99. The molecule has 5 heteroatoms. The first kappa shape index (κ1) is 12.8. The molecule has 0 N–H and O–H groups in total. The largest absolute Gasteiger partial charge is 0.266 e. The first-order chi connectivity index (χ1) is 7.23. The van der Waals surface area contributed by atoms with Crippen molar-refractivity contribution < 1.29 is 12.6 Å². The summed E-state index contributed by atoms with van der Waals surface area (Å²) in [5.74, 6) is 0.587.